The van der Waals surface area contributed by atoms with Crippen molar-refractivity contribution in [3.63, 3.8) is 0 Å². The van der Waals surface area contributed by atoms with Crippen molar-refractivity contribution < 1.29 is 4.42 Å². The van der Waals surface area contributed by atoms with E-state index in [1.807, 2.05) is 67.0 Å². The minimum absolute atomic E-state index is 0.387. The zero-order valence-electron chi connectivity index (χ0n) is 18.7. The van der Waals surface area contributed by atoms with Gasteiger partial charge in [0.05, 0.1) is 28.3 Å². The zero-order chi connectivity index (χ0) is 22.8. The van der Waals surface area contributed by atoms with E-state index in [4.69, 9.17) is 4.42 Å². The summed E-state index contributed by atoms with van der Waals surface area (Å²) in [6.45, 7) is 5.50. The largest absolute Gasteiger partial charge is 0.422 e. The second-order valence-corrected chi connectivity index (χ2v) is 8.25. The van der Waals surface area contributed by atoms with Gasteiger partial charge < -0.3 is 14.1 Å². The van der Waals surface area contributed by atoms with Crippen LogP contribution in [0.5, 0.6) is 0 Å². The van der Waals surface area contributed by atoms with E-state index in [1.165, 1.54) is 0 Å². The first-order valence-electron chi connectivity index (χ1n) is 11.1. The molecule has 4 aromatic heterocycles. The third kappa shape index (κ3) is 4.54. The number of benzene rings is 1. The van der Waals surface area contributed by atoms with Crippen molar-refractivity contribution in [2.24, 2.45) is 0 Å². The first-order valence-corrected chi connectivity index (χ1v) is 11.1. The van der Waals surface area contributed by atoms with Crippen LogP contribution in [0.4, 0.5) is 0 Å². The molecule has 0 radical (unpaired) electrons. The highest BCUT2D eigenvalue weighted by Gasteiger charge is 2.13. The maximum atomic E-state index is 12.8. The van der Waals surface area contributed by atoms with Crippen molar-refractivity contribution in [3.05, 3.63) is 94.1 Å². The van der Waals surface area contributed by atoms with Gasteiger partial charge in [0.25, 0.3) is 0 Å². The van der Waals surface area contributed by atoms with Crippen molar-refractivity contribution in [1.82, 2.24) is 24.7 Å². The molecule has 0 aliphatic carbocycles. The molecule has 0 saturated heterocycles. The van der Waals surface area contributed by atoms with Gasteiger partial charge in [-0.15, -0.1) is 0 Å². The molecule has 0 fully saturated rings. The summed E-state index contributed by atoms with van der Waals surface area (Å²) in [5, 5.41) is 4.29. The highest BCUT2D eigenvalue weighted by atomic mass is 16.4. The number of aromatic nitrogens is 4. The Labute approximate surface area is 191 Å². The molecule has 5 rings (SSSR count). The lowest BCUT2D eigenvalue weighted by molar-refractivity contribution is 0.562. The lowest BCUT2D eigenvalue weighted by Gasteiger charge is -2.06. The van der Waals surface area contributed by atoms with Crippen LogP contribution in [0.15, 0.2) is 70.3 Å². The number of pyridine rings is 1. The maximum Gasteiger partial charge on any atom is 0.345 e. The number of imidazole rings is 1. The van der Waals surface area contributed by atoms with Crippen LogP contribution in [0.3, 0.4) is 0 Å². The van der Waals surface area contributed by atoms with Crippen LogP contribution in [0, 0.1) is 13.8 Å². The molecule has 0 unspecified atom stereocenters. The average molecular weight is 440 g/mol. The van der Waals surface area contributed by atoms with Crippen LogP contribution in [0.1, 0.15) is 29.1 Å². The lowest BCUT2D eigenvalue weighted by atomic mass is 10.1. The SMILES string of the molecule is Cc1cn2cc(-c3cc4ccc(CCCNCc5ccccn5)cc4oc3=O)nc2c(C)n1. The predicted molar refractivity (Wildman–Crippen MR) is 128 cm³/mol. The Balaban J connectivity index is 1.30. The quantitative estimate of drug-likeness (QED) is 0.302. The summed E-state index contributed by atoms with van der Waals surface area (Å²) in [6.07, 6.45) is 7.43. The molecule has 0 atom stereocenters. The van der Waals surface area contributed by atoms with Crippen LogP contribution in [0.2, 0.25) is 0 Å². The van der Waals surface area contributed by atoms with Crippen LogP contribution < -0.4 is 10.9 Å². The molecule has 7 nitrogen and oxygen atoms in total. The summed E-state index contributed by atoms with van der Waals surface area (Å²) in [6, 6.07) is 13.8. The van der Waals surface area contributed by atoms with Crippen LogP contribution >= 0.6 is 0 Å². The fourth-order valence-electron chi connectivity index (χ4n) is 4.06. The van der Waals surface area contributed by atoms with Crippen molar-refractivity contribution in [1.29, 1.82) is 0 Å². The normalized spacial score (nSPS) is 11.5. The minimum atomic E-state index is -0.387. The molecule has 0 saturated carbocycles. The van der Waals surface area contributed by atoms with E-state index in [0.717, 1.165) is 59.6 Å². The molecule has 5 aromatic rings. The Bertz CT molecular complexity index is 1490. The number of hydrogen-bond donors (Lipinski definition) is 1. The van der Waals surface area contributed by atoms with E-state index in [9.17, 15) is 4.79 Å². The van der Waals surface area contributed by atoms with Gasteiger partial charge in [0.1, 0.15) is 5.58 Å². The van der Waals surface area contributed by atoms with Gasteiger partial charge in [0, 0.05) is 30.5 Å². The molecule has 166 valence electrons. The molecule has 0 bridgehead atoms. The Morgan fingerprint density at radius 1 is 1.06 bits per heavy atom. The fourth-order valence-corrected chi connectivity index (χ4v) is 4.06. The van der Waals surface area contributed by atoms with Crippen molar-refractivity contribution in [2.45, 2.75) is 33.2 Å². The van der Waals surface area contributed by atoms with E-state index in [1.54, 1.807) is 6.20 Å². The molecule has 1 N–H and O–H groups in total. The standard InChI is InChI=1S/C26H25N5O2/c1-17-15-31-16-23(30-25(31)18(2)29-17)22-13-20-9-8-19(12-24(20)33-26(22)32)6-5-10-27-14-21-7-3-4-11-28-21/h3-4,7-9,11-13,15-16,27H,5-6,10,14H2,1-2H3. The van der Waals surface area contributed by atoms with Crippen LogP contribution in [-0.4, -0.2) is 25.9 Å². The number of aryl methyl sites for hydroxylation is 3. The van der Waals surface area contributed by atoms with Gasteiger partial charge in [-0.25, -0.2) is 9.78 Å². The molecule has 7 heteroatoms. The third-order valence-corrected chi connectivity index (χ3v) is 5.65. The smallest absolute Gasteiger partial charge is 0.345 e. The zero-order valence-corrected chi connectivity index (χ0v) is 18.7. The number of nitrogens with one attached hydrogen (secondary N) is 1. The van der Waals surface area contributed by atoms with E-state index in [0.29, 0.717) is 16.8 Å². The second kappa shape index (κ2) is 8.96. The number of hydrogen-bond acceptors (Lipinski definition) is 6. The molecule has 33 heavy (non-hydrogen) atoms. The Hall–Kier alpha value is -3.84. The summed E-state index contributed by atoms with van der Waals surface area (Å²) in [5.41, 5.74) is 5.89. The molecule has 0 aliphatic heterocycles. The monoisotopic (exact) mass is 439 g/mol. The van der Waals surface area contributed by atoms with Crippen molar-refractivity contribution in [3.8, 4) is 11.3 Å². The second-order valence-electron chi connectivity index (χ2n) is 8.25. The van der Waals surface area contributed by atoms with Gasteiger partial charge in [-0.1, -0.05) is 18.2 Å². The molecule has 0 amide bonds. The highest BCUT2D eigenvalue weighted by Crippen LogP contribution is 2.23. The summed E-state index contributed by atoms with van der Waals surface area (Å²) in [5.74, 6) is 0. The Kier molecular flexibility index (Phi) is 5.71. The van der Waals surface area contributed by atoms with Gasteiger partial charge in [-0.3, -0.25) is 9.97 Å². The summed E-state index contributed by atoms with van der Waals surface area (Å²) < 4.78 is 7.58. The topological polar surface area (TPSA) is 85.3 Å². The third-order valence-electron chi connectivity index (χ3n) is 5.65. The maximum absolute atomic E-state index is 12.8. The lowest BCUT2D eigenvalue weighted by Crippen LogP contribution is -2.16. The molecule has 0 aliphatic rings. The molecular weight excluding hydrogens is 414 g/mol. The van der Waals surface area contributed by atoms with Crippen LogP contribution in [0.25, 0.3) is 27.9 Å². The van der Waals surface area contributed by atoms with Crippen molar-refractivity contribution in [2.75, 3.05) is 6.54 Å². The van der Waals surface area contributed by atoms with Gasteiger partial charge in [0.15, 0.2) is 5.65 Å². The first-order chi connectivity index (χ1) is 16.1. The van der Waals surface area contributed by atoms with E-state index in [2.05, 4.69) is 26.3 Å². The van der Waals surface area contributed by atoms with Gasteiger partial charge in [-0.05, 0) is 63.1 Å². The number of fused-ring (bicyclic) bond motifs is 2. The van der Waals surface area contributed by atoms with Crippen molar-refractivity contribution >= 4 is 16.6 Å². The summed E-state index contributed by atoms with van der Waals surface area (Å²) in [7, 11) is 0. The van der Waals surface area contributed by atoms with E-state index >= 15 is 0 Å². The van der Waals surface area contributed by atoms with Crippen LogP contribution in [-0.2, 0) is 13.0 Å². The first kappa shape index (κ1) is 21.0. The van der Waals surface area contributed by atoms with Gasteiger partial charge >= 0.3 is 5.63 Å². The molecule has 0 spiro atoms. The fraction of sp³-hybridized carbons (Fsp3) is 0.231. The Morgan fingerprint density at radius 2 is 1.97 bits per heavy atom. The van der Waals surface area contributed by atoms with Gasteiger partial charge in [-0.2, -0.15) is 0 Å². The number of nitrogens with zero attached hydrogens (tertiary/aromatic N) is 4. The average Bonchev–Trinajstić information content (AvgIpc) is 3.23. The highest BCUT2D eigenvalue weighted by molar-refractivity contribution is 5.81. The molecule has 1 aromatic carbocycles. The Morgan fingerprint density at radius 3 is 2.82 bits per heavy atom. The minimum Gasteiger partial charge on any atom is -0.422 e. The summed E-state index contributed by atoms with van der Waals surface area (Å²) >= 11 is 0. The molecule has 4 heterocycles. The predicted octanol–water partition coefficient (Wildman–Crippen LogP) is 4.24. The summed E-state index contributed by atoms with van der Waals surface area (Å²) in [4.78, 5) is 26.1. The van der Waals surface area contributed by atoms with E-state index in [-0.39, 0.29) is 5.63 Å². The van der Waals surface area contributed by atoms with Gasteiger partial charge in [0.2, 0.25) is 0 Å². The molecular formula is C26H25N5O2. The van der Waals surface area contributed by atoms with E-state index < -0.39 is 0 Å². The number of rotatable bonds is 7.